The molecule has 0 amide bonds. The summed E-state index contributed by atoms with van der Waals surface area (Å²) in [4.78, 5) is 0. The molecule has 0 radical (unpaired) electrons. The van der Waals surface area contributed by atoms with Crippen molar-refractivity contribution in [1.29, 1.82) is 0 Å². The Morgan fingerprint density at radius 2 is 1.08 bits per heavy atom. The van der Waals surface area contributed by atoms with Gasteiger partial charge in [0.25, 0.3) is 0 Å². The van der Waals surface area contributed by atoms with Crippen LogP contribution >= 0.6 is 0 Å². The van der Waals surface area contributed by atoms with Crippen LogP contribution in [-0.2, 0) is 0 Å². The molecule has 118 valence electrons. The first-order chi connectivity index (χ1) is 12.4. The Hall–Kier alpha value is -3.12. The van der Waals surface area contributed by atoms with Crippen molar-refractivity contribution in [2.45, 2.75) is 5.92 Å². The minimum Gasteiger partial charge on any atom is -0.0622 e. The Kier molecular flexibility index (Phi) is 3.28. The highest BCUT2D eigenvalue weighted by atomic mass is 14.3. The zero-order valence-electron chi connectivity index (χ0n) is 13.9. The van der Waals surface area contributed by atoms with Gasteiger partial charge in [0.05, 0.1) is 0 Å². The number of hydrogen-bond acceptors (Lipinski definition) is 0. The molecule has 0 bridgehead atoms. The summed E-state index contributed by atoms with van der Waals surface area (Å²) in [7, 11) is 0. The van der Waals surface area contributed by atoms with Gasteiger partial charge in [-0.3, -0.25) is 0 Å². The normalized spacial score (nSPS) is 14.8. The minimum atomic E-state index is 0.331. The van der Waals surface area contributed by atoms with Crippen molar-refractivity contribution in [2.75, 3.05) is 0 Å². The van der Waals surface area contributed by atoms with Gasteiger partial charge >= 0.3 is 0 Å². The fourth-order valence-electron chi connectivity index (χ4n) is 4.02. The van der Waals surface area contributed by atoms with Crippen LogP contribution in [0.3, 0.4) is 0 Å². The Balaban J connectivity index is 1.73. The lowest BCUT2D eigenvalue weighted by molar-refractivity contribution is 1.02. The van der Waals surface area contributed by atoms with Crippen LogP contribution in [0, 0.1) is 0 Å². The maximum absolute atomic E-state index is 2.35. The summed E-state index contributed by atoms with van der Waals surface area (Å²) < 4.78 is 0. The fourth-order valence-corrected chi connectivity index (χ4v) is 4.02. The van der Waals surface area contributed by atoms with E-state index in [-0.39, 0.29) is 0 Å². The van der Waals surface area contributed by atoms with E-state index >= 15 is 0 Å². The third-order valence-electron chi connectivity index (χ3n) is 5.17. The number of rotatable bonds is 2. The Labute approximate surface area is 148 Å². The average molecular weight is 318 g/mol. The quantitative estimate of drug-likeness (QED) is 0.348. The molecule has 1 unspecified atom stereocenters. The van der Waals surface area contributed by atoms with Crippen molar-refractivity contribution in [3.05, 3.63) is 120 Å². The summed E-state index contributed by atoms with van der Waals surface area (Å²) in [5.41, 5.74) is 9.46. The molecule has 25 heavy (non-hydrogen) atoms. The second kappa shape index (κ2) is 5.75. The van der Waals surface area contributed by atoms with Gasteiger partial charge in [-0.2, -0.15) is 0 Å². The van der Waals surface area contributed by atoms with E-state index in [1.807, 2.05) is 0 Å². The highest BCUT2D eigenvalue weighted by Crippen LogP contribution is 2.48. The van der Waals surface area contributed by atoms with Crippen LogP contribution in [0.1, 0.15) is 22.6 Å². The van der Waals surface area contributed by atoms with E-state index in [0.717, 1.165) is 0 Å². The van der Waals surface area contributed by atoms with E-state index in [0.29, 0.717) is 5.92 Å². The van der Waals surface area contributed by atoms with E-state index in [1.165, 1.54) is 38.9 Å². The van der Waals surface area contributed by atoms with Crippen LogP contribution in [0.15, 0.2) is 103 Å². The third kappa shape index (κ3) is 2.30. The zero-order valence-corrected chi connectivity index (χ0v) is 13.9. The molecular formula is C25H18. The van der Waals surface area contributed by atoms with E-state index in [4.69, 9.17) is 0 Å². The van der Waals surface area contributed by atoms with Crippen molar-refractivity contribution < 1.29 is 0 Å². The minimum absolute atomic E-state index is 0.331. The third-order valence-corrected chi connectivity index (χ3v) is 5.17. The van der Waals surface area contributed by atoms with Crippen LogP contribution < -0.4 is 0 Å². The van der Waals surface area contributed by atoms with Crippen LogP contribution in [0.2, 0.25) is 0 Å². The number of fused-ring (bicyclic) bond motifs is 3. The molecular weight excluding hydrogens is 300 g/mol. The molecule has 0 aliphatic heterocycles. The molecule has 0 fully saturated rings. The van der Waals surface area contributed by atoms with Crippen LogP contribution in [0.4, 0.5) is 0 Å². The van der Waals surface area contributed by atoms with Crippen LogP contribution in [0.25, 0.3) is 22.3 Å². The van der Waals surface area contributed by atoms with Gasteiger partial charge in [0.15, 0.2) is 0 Å². The largest absolute Gasteiger partial charge is 0.0622 e. The second-order valence-electron chi connectivity index (χ2n) is 6.60. The highest BCUT2D eigenvalue weighted by molar-refractivity contribution is 5.84. The van der Waals surface area contributed by atoms with E-state index < -0.39 is 0 Å². The monoisotopic (exact) mass is 318 g/mol. The maximum Gasteiger partial charge on any atom is 0.0352 e. The lowest BCUT2D eigenvalue weighted by Gasteiger charge is -2.14. The average Bonchev–Trinajstić information content (AvgIpc) is 3.03. The molecule has 1 aliphatic carbocycles. The molecule has 0 aromatic heterocycles. The van der Waals surface area contributed by atoms with Crippen molar-refractivity contribution in [2.24, 2.45) is 0 Å². The van der Waals surface area contributed by atoms with Gasteiger partial charge in [0.1, 0.15) is 0 Å². The Morgan fingerprint density at radius 3 is 1.88 bits per heavy atom. The molecule has 0 nitrogen and oxygen atoms in total. The van der Waals surface area contributed by atoms with Gasteiger partial charge < -0.3 is 0 Å². The molecule has 0 heteroatoms. The summed E-state index contributed by atoms with van der Waals surface area (Å²) in [6.07, 6.45) is 0. The first kappa shape index (κ1) is 14.2. The summed E-state index contributed by atoms with van der Waals surface area (Å²) in [5, 5.41) is 0. The number of benzene rings is 4. The SMILES string of the molecule is c1ccc(-c2ccc3c(c2)-c2ccccc2C3c2ccccc2)cc1. The molecule has 4 aromatic carbocycles. The Bertz CT molecular complexity index is 1030. The lowest BCUT2D eigenvalue weighted by atomic mass is 9.89. The number of hydrogen-bond donors (Lipinski definition) is 0. The fraction of sp³-hybridized carbons (Fsp3) is 0.0400. The first-order valence-electron chi connectivity index (χ1n) is 8.75. The van der Waals surface area contributed by atoms with Gasteiger partial charge in [-0.05, 0) is 45.0 Å². The zero-order chi connectivity index (χ0) is 16.6. The molecule has 0 heterocycles. The molecule has 0 spiro atoms. The molecule has 0 N–H and O–H groups in total. The predicted molar refractivity (Wildman–Crippen MR) is 105 cm³/mol. The van der Waals surface area contributed by atoms with Crippen LogP contribution in [0.5, 0.6) is 0 Å². The molecule has 5 rings (SSSR count). The predicted octanol–water partition coefficient (Wildman–Crippen LogP) is 6.51. The topological polar surface area (TPSA) is 0 Å². The van der Waals surface area contributed by atoms with E-state index in [1.54, 1.807) is 0 Å². The van der Waals surface area contributed by atoms with Crippen LogP contribution in [-0.4, -0.2) is 0 Å². The van der Waals surface area contributed by atoms with Crippen molar-refractivity contribution in [1.82, 2.24) is 0 Å². The molecule has 1 aliphatic rings. The Morgan fingerprint density at radius 1 is 0.440 bits per heavy atom. The van der Waals surface area contributed by atoms with Gasteiger partial charge in [-0.1, -0.05) is 97.1 Å². The standard InChI is InChI=1S/C25H18/c1-3-9-18(10-4-1)20-15-16-23-24(17-20)21-13-7-8-14-22(21)25(23)19-11-5-2-6-12-19/h1-17,25H. The maximum atomic E-state index is 2.35. The summed E-state index contributed by atoms with van der Waals surface area (Å²) in [5.74, 6) is 0.331. The molecule has 0 saturated heterocycles. The van der Waals surface area contributed by atoms with Crippen molar-refractivity contribution in [3.8, 4) is 22.3 Å². The van der Waals surface area contributed by atoms with Gasteiger partial charge in [0, 0.05) is 5.92 Å². The molecule has 0 saturated carbocycles. The molecule has 4 aromatic rings. The van der Waals surface area contributed by atoms with Gasteiger partial charge in [-0.15, -0.1) is 0 Å². The second-order valence-corrected chi connectivity index (χ2v) is 6.60. The summed E-state index contributed by atoms with van der Waals surface area (Å²) in [6.45, 7) is 0. The molecule has 1 atom stereocenters. The summed E-state index contributed by atoms with van der Waals surface area (Å²) in [6, 6.07) is 37.2. The van der Waals surface area contributed by atoms with Gasteiger partial charge in [0.2, 0.25) is 0 Å². The summed E-state index contributed by atoms with van der Waals surface area (Å²) >= 11 is 0. The first-order valence-corrected chi connectivity index (χ1v) is 8.75. The van der Waals surface area contributed by atoms with Gasteiger partial charge in [-0.25, -0.2) is 0 Å². The van der Waals surface area contributed by atoms with E-state index in [2.05, 4.69) is 103 Å². The lowest BCUT2D eigenvalue weighted by Crippen LogP contribution is -1.98. The van der Waals surface area contributed by atoms with E-state index in [9.17, 15) is 0 Å². The highest BCUT2D eigenvalue weighted by Gasteiger charge is 2.29. The smallest absolute Gasteiger partial charge is 0.0352 e. The van der Waals surface area contributed by atoms with Crippen molar-refractivity contribution >= 4 is 0 Å². The van der Waals surface area contributed by atoms with Crippen molar-refractivity contribution in [3.63, 3.8) is 0 Å².